The summed E-state index contributed by atoms with van der Waals surface area (Å²) in [6, 6.07) is 23.1. The van der Waals surface area contributed by atoms with Gasteiger partial charge in [0.25, 0.3) is 10.0 Å². The van der Waals surface area contributed by atoms with E-state index in [0.29, 0.717) is 5.69 Å². The van der Waals surface area contributed by atoms with Crippen molar-refractivity contribution in [2.45, 2.75) is 31.6 Å². The molecular formula is C26H30N2O4S. The molecule has 174 valence electrons. The number of carbonyl (C=O) groups excluding carboxylic acids is 1. The third kappa shape index (κ3) is 6.58. The minimum atomic E-state index is -3.91. The summed E-state index contributed by atoms with van der Waals surface area (Å²) in [6.45, 7) is 4.34. The van der Waals surface area contributed by atoms with Crippen LogP contribution in [0.2, 0.25) is 0 Å². The molecule has 3 aromatic rings. The Kier molecular flexibility index (Phi) is 8.49. The molecule has 0 bridgehead atoms. The van der Waals surface area contributed by atoms with E-state index in [0.717, 1.165) is 28.5 Å². The maximum absolute atomic E-state index is 13.3. The molecule has 0 aliphatic carbocycles. The van der Waals surface area contributed by atoms with Gasteiger partial charge in [0.1, 0.15) is 18.9 Å². The maximum atomic E-state index is 13.3. The third-order valence-corrected chi connectivity index (χ3v) is 7.06. The number of sulfonamides is 1. The molecule has 0 radical (unpaired) electrons. The van der Waals surface area contributed by atoms with Crippen molar-refractivity contribution in [2.75, 3.05) is 24.0 Å². The van der Waals surface area contributed by atoms with Crippen molar-refractivity contribution in [1.82, 2.24) is 5.32 Å². The quantitative estimate of drug-likeness (QED) is 0.430. The number of aryl methyl sites for hydroxylation is 2. The molecule has 3 rings (SSSR count). The highest BCUT2D eigenvalue weighted by Gasteiger charge is 2.27. The first-order valence-electron chi connectivity index (χ1n) is 11.1. The molecule has 7 heteroatoms. The molecule has 0 atom stereocenters. The lowest BCUT2D eigenvalue weighted by Crippen LogP contribution is -2.41. The number of nitrogens with zero attached hydrogens (tertiary/aromatic N) is 1. The minimum absolute atomic E-state index is 0.135. The number of hydrogen-bond donors (Lipinski definition) is 1. The van der Waals surface area contributed by atoms with E-state index in [1.165, 1.54) is 17.7 Å². The average molecular weight is 467 g/mol. The molecule has 6 nitrogen and oxygen atoms in total. The number of amides is 1. The highest BCUT2D eigenvalue weighted by atomic mass is 32.2. The Morgan fingerprint density at radius 1 is 0.848 bits per heavy atom. The van der Waals surface area contributed by atoms with Crippen molar-refractivity contribution in [3.05, 3.63) is 90.0 Å². The van der Waals surface area contributed by atoms with Gasteiger partial charge in [-0.15, -0.1) is 0 Å². The van der Waals surface area contributed by atoms with Crippen molar-refractivity contribution in [2.24, 2.45) is 0 Å². The van der Waals surface area contributed by atoms with Gasteiger partial charge in [0.2, 0.25) is 5.91 Å². The molecule has 1 N–H and O–H groups in total. The highest BCUT2D eigenvalue weighted by Crippen LogP contribution is 2.24. The number of rotatable bonds is 11. The molecule has 0 aromatic heterocycles. The van der Waals surface area contributed by atoms with Crippen LogP contribution in [-0.4, -0.2) is 34.0 Å². The van der Waals surface area contributed by atoms with Crippen molar-refractivity contribution in [3.63, 3.8) is 0 Å². The molecule has 0 aliphatic rings. The van der Waals surface area contributed by atoms with E-state index in [1.54, 1.807) is 30.3 Å². The zero-order chi connectivity index (χ0) is 23.7. The van der Waals surface area contributed by atoms with Crippen LogP contribution in [0, 0.1) is 0 Å². The second kappa shape index (κ2) is 11.5. The Morgan fingerprint density at radius 3 is 2.00 bits per heavy atom. The molecule has 0 unspecified atom stereocenters. The maximum Gasteiger partial charge on any atom is 0.264 e. The van der Waals surface area contributed by atoms with Crippen LogP contribution < -0.4 is 14.4 Å². The molecular weight excluding hydrogens is 436 g/mol. The van der Waals surface area contributed by atoms with Crippen molar-refractivity contribution < 1.29 is 17.9 Å². The van der Waals surface area contributed by atoms with E-state index in [1.807, 2.05) is 43.3 Å². The Hall–Kier alpha value is -3.32. The smallest absolute Gasteiger partial charge is 0.264 e. The van der Waals surface area contributed by atoms with Crippen LogP contribution in [0.25, 0.3) is 0 Å². The van der Waals surface area contributed by atoms with E-state index in [2.05, 4.69) is 12.2 Å². The first-order valence-corrected chi connectivity index (χ1v) is 12.5. The monoisotopic (exact) mass is 466 g/mol. The first kappa shape index (κ1) is 24.3. The van der Waals surface area contributed by atoms with Gasteiger partial charge < -0.3 is 10.1 Å². The number of anilines is 1. The number of nitrogens with one attached hydrogen (secondary N) is 1. The molecule has 0 fully saturated rings. The van der Waals surface area contributed by atoms with Gasteiger partial charge in [0, 0.05) is 0 Å². The lowest BCUT2D eigenvalue weighted by Gasteiger charge is -2.24. The predicted molar refractivity (Wildman–Crippen MR) is 131 cm³/mol. The van der Waals surface area contributed by atoms with Gasteiger partial charge >= 0.3 is 0 Å². The Bertz CT molecular complexity index is 1130. The summed E-state index contributed by atoms with van der Waals surface area (Å²) in [6.07, 6.45) is 1.80. The highest BCUT2D eigenvalue weighted by molar-refractivity contribution is 7.92. The summed E-state index contributed by atoms with van der Waals surface area (Å²) < 4.78 is 33.4. The van der Waals surface area contributed by atoms with Crippen LogP contribution in [0.4, 0.5) is 5.69 Å². The zero-order valence-corrected chi connectivity index (χ0v) is 19.8. The lowest BCUT2D eigenvalue weighted by molar-refractivity contribution is -0.119. The minimum Gasteiger partial charge on any atom is -0.492 e. The van der Waals surface area contributed by atoms with Crippen LogP contribution in [0.1, 0.15) is 25.0 Å². The summed E-state index contributed by atoms with van der Waals surface area (Å²) in [5.74, 6) is 0.324. The van der Waals surface area contributed by atoms with Crippen molar-refractivity contribution in [1.29, 1.82) is 0 Å². The fraction of sp³-hybridized carbons (Fsp3) is 0.269. The molecule has 0 spiro atoms. The SMILES string of the molecule is CCc1ccc(OCCNC(=O)CN(c2ccc(CC)cc2)S(=O)(=O)c2ccccc2)cc1. The van der Waals surface area contributed by atoms with Crippen molar-refractivity contribution in [3.8, 4) is 5.75 Å². The standard InChI is InChI=1S/C26H30N2O4S/c1-3-21-10-14-23(15-11-21)28(33(30,31)25-8-6-5-7-9-25)20-26(29)27-18-19-32-24-16-12-22(4-2)13-17-24/h5-17H,3-4,18-20H2,1-2H3,(H,27,29). The summed E-state index contributed by atoms with van der Waals surface area (Å²) in [4.78, 5) is 12.8. The van der Waals surface area contributed by atoms with Crippen LogP contribution >= 0.6 is 0 Å². The summed E-state index contributed by atoms with van der Waals surface area (Å²) in [5, 5.41) is 2.75. The van der Waals surface area contributed by atoms with Crippen LogP contribution in [0.15, 0.2) is 83.8 Å². The van der Waals surface area contributed by atoms with E-state index in [9.17, 15) is 13.2 Å². The molecule has 0 saturated carbocycles. The Labute approximate surface area is 196 Å². The van der Waals surface area contributed by atoms with Gasteiger partial charge in [-0.2, -0.15) is 0 Å². The van der Waals surface area contributed by atoms with Gasteiger partial charge in [-0.25, -0.2) is 8.42 Å². The number of hydrogen-bond acceptors (Lipinski definition) is 4. The molecule has 3 aromatic carbocycles. The predicted octanol–water partition coefficient (Wildman–Crippen LogP) is 4.20. The summed E-state index contributed by atoms with van der Waals surface area (Å²) >= 11 is 0. The van der Waals surface area contributed by atoms with Crippen molar-refractivity contribution >= 4 is 21.6 Å². The van der Waals surface area contributed by atoms with Gasteiger partial charge in [-0.1, -0.05) is 56.3 Å². The molecule has 0 saturated heterocycles. The largest absolute Gasteiger partial charge is 0.492 e. The molecule has 33 heavy (non-hydrogen) atoms. The topological polar surface area (TPSA) is 75.7 Å². The van der Waals surface area contributed by atoms with E-state index in [4.69, 9.17) is 4.74 Å². The van der Waals surface area contributed by atoms with Gasteiger partial charge in [0.05, 0.1) is 17.1 Å². The number of ether oxygens (including phenoxy) is 1. The fourth-order valence-corrected chi connectivity index (χ4v) is 4.74. The van der Waals surface area contributed by atoms with Gasteiger partial charge in [-0.3, -0.25) is 9.10 Å². The zero-order valence-electron chi connectivity index (χ0n) is 19.0. The van der Waals surface area contributed by atoms with Crippen LogP contribution in [-0.2, 0) is 27.7 Å². The second-order valence-corrected chi connectivity index (χ2v) is 9.40. The van der Waals surface area contributed by atoms with Gasteiger partial charge in [0.15, 0.2) is 0 Å². The summed E-state index contributed by atoms with van der Waals surface area (Å²) in [7, 11) is -3.91. The molecule has 0 aliphatic heterocycles. The van der Waals surface area contributed by atoms with E-state index < -0.39 is 15.9 Å². The first-order chi connectivity index (χ1) is 15.9. The average Bonchev–Trinajstić information content (AvgIpc) is 2.86. The molecule has 1 amide bonds. The molecule has 0 heterocycles. The third-order valence-electron chi connectivity index (χ3n) is 5.28. The van der Waals surface area contributed by atoms with E-state index >= 15 is 0 Å². The van der Waals surface area contributed by atoms with Crippen LogP contribution in [0.3, 0.4) is 0 Å². The normalized spacial score (nSPS) is 11.1. The fourth-order valence-electron chi connectivity index (χ4n) is 3.30. The Morgan fingerprint density at radius 2 is 1.42 bits per heavy atom. The van der Waals surface area contributed by atoms with Gasteiger partial charge in [-0.05, 0) is 60.4 Å². The Balaban J connectivity index is 1.66. The number of carbonyl (C=O) groups is 1. The second-order valence-electron chi connectivity index (χ2n) is 7.54. The number of benzene rings is 3. The lowest BCUT2D eigenvalue weighted by atomic mass is 10.1. The van der Waals surface area contributed by atoms with Crippen LogP contribution in [0.5, 0.6) is 5.75 Å². The van der Waals surface area contributed by atoms with E-state index in [-0.39, 0.29) is 24.6 Å². The summed E-state index contributed by atoms with van der Waals surface area (Å²) in [5.41, 5.74) is 2.75.